The molecule has 0 heterocycles. The molecule has 0 aromatic rings. The van der Waals surface area contributed by atoms with Gasteiger partial charge < -0.3 is 0 Å². The van der Waals surface area contributed by atoms with E-state index in [1.807, 2.05) is 0 Å². The molecule has 0 spiro atoms. The Kier molecular flexibility index (Phi) is 149. The van der Waals surface area contributed by atoms with Crippen LogP contribution < -0.4 is 0 Å². The van der Waals surface area contributed by atoms with Crippen molar-refractivity contribution in [2.24, 2.45) is 0 Å². The Morgan fingerprint density at radius 3 is 1.00 bits per heavy atom. The van der Waals surface area contributed by atoms with Gasteiger partial charge in [0.25, 0.3) is 0 Å². The van der Waals surface area contributed by atoms with Gasteiger partial charge in [0, 0.05) is 76.7 Å². The summed E-state index contributed by atoms with van der Waals surface area (Å²) in [5.74, 6) is 0. The summed E-state index contributed by atoms with van der Waals surface area (Å²) >= 11 is 0. The molecule has 0 aromatic carbocycles. The molecule has 0 unspecified atom stereocenters. The smallest absolute Gasteiger partial charge is 0 e. The fraction of sp³-hybridized carbons (Fsp3) is 0. The summed E-state index contributed by atoms with van der Waals surface area (Å²) < 4.78 is 0. The summed E-state index contributed by atoms with van der Waals surface area (Å²) in [5, 5.41) is 0. The van der Waals surface area contributed by atoms with Crippen LogP contribution in [0.5, 0.6) is 0 Å². The maximum atomic E-state index is 0. The Morgan fingerprint density at radius 2 is 1.00 bits per heavy atom. The minimum atomic E-state index is 0. The average molecular weight is 372 g/mol. The Balaban J connectivity index is 0. The van der Waals surface area contributed by atoms with Gasteiger partial charge in [0.1, 0.15) is 0 Å². The molecule has 0 aromatic heterocycles. The second-order valence-electron chi connectivity index (χ2n) is 0. The topological polar surface area (TPSA) is 0 Å². The number of rotatable bonds is 0. The zero-order valence-electron chi connectivity index (χ0n) is 1.59. The molecule has 4 heteroatoms. The zero-order valence-corrected chi connectivity index (χ0v) is 8.99. The summed E-state index contributed by atoms with van der Waals surface area (Å²) in [6.45, 7) is 0. The van der Waals surface area contributed by atoms with Gasteiger partial charge in [0.15, 0.2) is 0 Å². The van der Waals surface area contributed by atoms with Gasteiger partial charge in [-0.05, 0) is 0 Å². The fourth-order valence-corrected chi connectivity index (χ4v) is 0. The standard InChI is InChI=1S/Br.Co.Hf.Mn. The molecule has 0 amide bonds. The first-order valence-corrected chi connectivity index (χ1v) is 0. The summed E-state index contributed by atoms with van der Waals surface area (Å²) in [5.41, 5.74) is 0. The van der Waals surface area contributed by atoms with Crippen molar-refractivity contribution in [3.63, 3.8) is 0 Å². The molecule has 4 heavy (non-hydrogen) atoms. The van der Waals surface area contributed by atoms with Crippen molar-refractivity contribution in [2.75, 3.05) is 0 Å². The quantitative estimate of drug-likeness (QED) is 0.553. The first kappa shape index (κ1) is 32.6. The Hall–Kier alpha value is 2.38. The number of hydrogen-bond acceptors (Lipinski definition) is 0. The first-order chi connectivity index (χ1) is 0. The molecular formula is BrCoHfMn. The van der Waals surface area contributed by atoms with Gasteiger partial charge in [-0.2, -0.15) is 0 Å². The molecule has 0 atom stereocenters. The van der Waals surface area contributed by atoms with Crippen LogP contribution in [0.25, 0.3) is 0 Å². The predicted molar refractivity (Wildman–Crippen MR) is 8.93 cm³/mol. The van der Waals surface area contributed by atoms with Gasteiger partial charge in [-0.15, -0.1) is 0 Å². The van der Waals surface area contributed by atoms with E-state index in [4.69, 9.17) is 0 Å². The van der Waals surface area contributed by atoms with Crippen LogP contribution in [0.2, 0.25) is 0 Å². The van der Waals surface area contributed by atoms with Crippen LogP contribution in [-0.4, -0.2) is 0 Å². The molecule has 0 bridgehead atoms. The molecule has 0 rings (SSSR count). The monoisotopic (exact) mass is 373 g/mol. The molecule has 0 N–H and O–H groups in total. The molecule has 0 aliphatic heterocycles. The van der Waals surface area contributed by atoms with E-state index in [0.717, 1.165) is 0 Å². The Labute approximate surface area is 75.7 Å². The van der Waals surface area contributed by atoms with Crippen molar-refractivity contribution in [1.82, 2.24) is 0 Å². The summed E-state index contributed by atoms with van der Waals surface area (Å²) in [4.78, 5) is 0. The molecule has 0 fully saturated rings. The van der Waals surface area contributed by atoms with Gasteiger partial charge in [-0.25, -0.2) is 0 Å². The largest absolute Gasteiger partial charge is 0 e. The minimum absolute atomic E-state index is 0. The maximum Gasteiger partial charge on any atom is 0 e. The van der Waals surface area contributed by atoms with Crippen LogP contribution in [-0.2, 0) is 59.7 Å². The van der Waals surface area contributed by atoms with Crippen molar-refractivity contribution in [1.29, 1.82) is 0 Å². The van der Waals surface area contributed by atoms with Crippen LogP contribution in [0.4, 0.5) is 0 Å². The van der Waals surface area contributed by atoms with Gasteiger partial charge in [0.2, 0.25) is 0 Å². The van der Waals surface area contributed by atoms with Crippen LogP contribution in [0.15, 0.2) is 0 Å². The summed E-state index contributed by atoms with van der Waals surface area (Å²) in [6.07, 6.45) is 0. The van der Waals surface area contributed by atoms with Gasteiger partial charge in [-0.3, -0.25) is 0 Å². The maximum absolute atomic E-state index is 0. The van der Waals surface area contributed by atoms with E-state index >= 15 is 0 Å². The van der Waals surface area contributed by atoms with Gasteiger partial charge in [0.05, 0.1) is 0 Å². The van der Waals surface area contributed by atoms with Crippen molar-refractivity contribution >= 4 is 17.0 Å². The van der Waals surface area contributed by atoms with E-state index in [-0.39, 0.29) is 76.7 Å². The Bertz CT molecular complexity index is 8.00. The van der Waals surface area contributed by atoms with E-state index in [0.29, 0.717) is 0 Å². The molecule has 0 aliphatic rings. The second-order valence-corrected chi connectivity index (χ2v) is 0. The van der Waals surface area contributed by atoms with Crippen molar-refractivity contribution in [3.05, 3.63) is 0 Å². The summed E-state index contributed by atoms with van der Waals surface area (Å²) in [6, 6.07) is 0. The molecule has 0 nitrogen and oxygen atoms in total. The molecule has 0 aliphatic carbocycles. The Morgan fingerprint density at radius 1 is 1.00 bits per heavy atom. The van der Waals surface area contributed by atoms with Crippen molar-refractivity contribution in [3.8, 4) is 0 Å². The van der Waals surface area contributed by atoms with E-state index in [1.54, 1.807) is 0 Å². The minimum Gasteiger partial charge on any atom is 0 e. The summed E-state index contributed by atoms with van der Waals surface area (Å²) in [7, 11) is 0. The van der Waals surface area contributed by atoms with Crippen LogP contribution in [0.3, 0.4) is 0 Å². The third-order valence-corrected chi connectivity index (χ3v) is 0. The number of halogens is 1. The normalized spacial score (nSPS) is 0. The van der Waals surface area contributed by atoms with Gasteiger partial charge in [-0.1, -0.05) is 0 Å². The van der Waals surface area contributed by atoms with E-state index < -0.39 is 0 Å². The van der Waals surface area contributed by atoms with Crippen molar-refractivity contribution in [2.45, 2.75) is 0 Å². The molecule has 0 saturated heterocycles. The van der Waals surface area contributed by atoms with E-state index in [2.05, 4.69) is 0 Å². The second kappa shape index (κ2) is 18.2. The zero-order chi connectivity index (χ0) is 0. The molecule has 0 saturated carbocycles. The SMILES string of the molecule is [Br].[Co].[Hf].[Mn]. The molecule has 3 radical (unpaired) electrons. The van der Waals surface area contributed by atoms with E-state index in [1.165, 1.54) is 0 Å². The molecular weight excluding hydrogens is 372 g/mol. The first-order valence-electron chi connectivity index (χ1n) is 0. The number of hydrogen-bond donors (Lipinski definition) is 0. The third kappa shape index (κ3) is 8.83. The van der Waals surface area contributed by atoms with Crippen LogP contribution in [0, 0.1) is 0 Å². The third-order valence-electron chi connectivity index (χ3n) is 0. The van der Waals surface area contributed by atoms with Gasteiger partial charge >= 0.3 is 0 Å². The fourth-order valence-electron chi connectivity index (χ4n) is 0. The van der Waals surface area contributed by atoms with Crippen LogP contribution in [0.1, 0.15) is 0 Å². The van der Waals surface area contributed by atoms with Crippen LogP contribution >= 0.6 is 17.0 Å². The predicted octanol–water partition coefficient (Wildman–Crippen LogP) is 0.838. The average Bonchev–Trinajstić information content (AvgIpc) is 0. The molecule has 27 valence electrons. The van der Waals surface area contributed by atoms with Crippen molar-refractivity contribution < 1.29 is 59.7 Å². The van der Waals surface area contributed by atoms with E-state index in [9.17, 15) is 0 Å².